The van der Waals surface area contributed by atoms with Crippen molar-refractivity contribution < 1.29 is 14.4 Å². The topological polar surface area (TPSA) is 89.2 Å². The van der Waals surface area contributed by atoms with Gasteiger partial charge in [-0.05, 0) is 62.3 Å². The molecule has 232 valence electrons. The van der Waals surface area contributed by atoms with E-state index in [2.05, 4.69) is 90.0 Å². The van der Waals surface area contributed by atoms with Crippen molar-refractivity contribution >= 4 is 17.2 Å². The van der Waals surface area contributed by atoms with Gasteiger partial charge in [-0.3, -0.25) is 9.69 Å². The normalized spacial score (nSPS) is 17.9. The largest absolute Gasteiger partial charge is 0.456 e. The predicted molar refractivity (Wildman–Crippen MR) is 177 cm³/mol. The lowest BCUT2D eigenvalue weighted by atomic mass is 9.84. The molecule has 2 aromatic carbocycles. The number of amides is 1. The Morgan fingerprint density at radius 3 is 2.50 bits per heavy atom. The summed E-state index contributed by atoms with van der Waals surface area (Å²) in [6, 6.07) is 14.7. The Morgan fingerprint density at radius 1 is 1.05 bits per heavy atom. The lowest BCUT2D eigenvalue weighted by Gasteiger charge is -2.34. The van der Waals surface area contributed by atoms with Crippen LogP contribution in [-0.4, -0.2) is 87.2 Å². The molecule has 2 aromatic rings. The number of azide groups is 1. The fourth-order valence-electron chi connectivity index (χ4n) is 6.66. The number of rotatable bonds is 12. The molecule has 0 bridgehead atoms. The quantitative estimate of drug-likeness (QED) is 0.163. The zero-order valence-corrected chi connectivity index (χ0v) is 26.6. The standard InChI is InChI=1S/C35H45N7O2/c1-5-40(6-2)26-14-16-30-32(24-26)44-33-25-27(41(7-3)8-4)15-17-31(33)34(30)28-12-9-10-13-29(28)35(43)42-22-20-39(21-23-42)19-11-18-37-38-36/h9-10,12-17,24-26H,5-8,11,18-23H2,1-4H3/p+1. The average molecular weight is 597 g/mol. The van der Waals surface area contributed by atoms with Crippen LogP contribution in [0.15, 0.2) is 77.1 Å². The van der Waals surface area contributed by atoms with Crippen LogP contribution in [0, 0.1) is 0 Å². The minimum Gasteiger partial charge on any atom is -0.456 e. The third-order valence-corrected chi connectivity index (χ3v) is 9.17. The number of hydrogen-bond donors (Lipinski definition) is 1. The summed E-state index contributed by atoms with van der Waals surface area (Å²) in [5, 5.41) is 3.66. The summed E-state index contributed by atoms with van der Waals surface area (Å²) in [4.78, 5) is 25.2. The van der Waals surface area contributed by atoms with Gasteiger partial charge in [0.15, 0.2) is 0 Å². The first-order valence-corrected chi connectivity index (χ1v) is 16.2. The van der Waals surface area contributed by atoms with Crippen molar-refractivity contribution in [3.63, 3.8) is 0 Å². The first-order valence-electron chi connectivity index (χ1n) is 16.2. The van der Waals surface area contributed by atoms with Crippen LogP contribution in [0.5, 0.6) is 5.75 Å². The summed E-state index contributed by atoms with van der Waals surface area (Å²) in [5.41, 5.74) is 14.4. The van der Waals surface area contributed by atoms with Gasteiger partial charge in [0.2, 0.25) is 0 Å². The number of carbonyl (C=O) groups is 1. The lowest BCUT2D eigenvalue weighted by molar-refractivity contribution is -0.904. The number of carbonyl (C=O) groups excluding carboxylic acids is 1. The zero-order chi connectivity index (χ0) is 31.1. The van der Waals surface area contributed by atoms with Crippen LogP contribution in [0.25, 0.3) is 16.0 Å². The van der Waals surface area contributed by atoms with Crippen LogP contribution in [0.3, 0.4) is 0 Å². The van der Waals surface area contributed by atoms with Crippen LogP contribution in [0.4, 0.5) is 5.69 Å². The summed E-state index contributed by atoms with van der Waals surface area (Å²) >= 11 is 0. The molecule has 1 aliphatic carbocycles. The molecule has 1 fully saturated rings. The number of allylic oxidation sites excluding steroid dienone is 1. The van der Waals surface area contributed by atoms with Gasteiger partial charge < -0.3 is 19.4 Å². The highest BCUT2D eigenvalue weighted by atomic mass is 16.5. The molecular weight excluding hydrogens is 550 g/mol. The lowest BCUT2D eigenvalue weighted by Crippen LogP contribution is -3.14. The fourth-order valence-corrected chi connectivity index (χ4v) is 6.66. The van der Waals surface area contributed by atoms with Crippen molar-refractivity contribution in [2.75, 3.05) is 70.3 Å². The number of benzene rings is 2. The molecule has 0 radical (unpaired) electrons. The van der Waals surface area contributed by atoms with Gasteiger partial charge in [0.05, 0.1) is 38.8 Å². The maximum Gasteiger partial charge on any atom is 0.254 e. The molecule has 0 spiro atoms. The summed E-state index contributed by atoms with van der Waals surface area (Å²) in [5.74, 6) is 1.75. The minimum atomic E-state index is 0.0703. The highest BCUT2D eigenvalue weighted by Gasteiger charge is 2.32. The Labute approximate surface area is 261 Å². The number of hydrogen-bond acceptors (Lipinski definition) is 5. The molecular formula is C35H46N7O2+. The second kappa shape index (κ2) is 14.6. The van der Waals surface area contributed by atoms with Crippen molar-refractivity contribution in [1.82, 2.24) is 9.80 Å². The molecule has 3 aliphatic rings. The molecule has 0 aromatic heterocycles. The summed E-state index contributed by atoms with van der Waals surface area (Å²) in [6.45, 7) is 17.1. The van der Waals surface area contributed by atoms with E-state index in [1.54, 1.807) is 0 Å². The van der Waals surface area contributed by atoms with Gasteiger partial charge in [-0.15, -0.1) is 0 Å². The van der Waals surface area contributed by atoms with E-state index in [4.69, 9.17) is 10.3 Å². The molecule has 1 N–H and O–H groups in total. The van der Waals surface area contributed by atoms with E-state index in [9.17, 15) is 4.79 Å². The molecule has 9 heteroatoms. The van der Waals surface area contributed by atoms with E-state index in [0.717, 1.165) is 97.3 Å². The third-order valence-electron chi connectivity index (χ3n) is 9.17. The number of nitrogens with one attached hydrogen (secondary N) is 1. The average Bonchev–Trinajstić information content (AvgIpc) is 3.06. The molecule has 2 heterocycles. The Balaban J connectivity index is 1.51. The number of ether oxygens (including phenoxy) is 1. The summed E-state index contributed by atoms with van der Waals surface area (Å²) in [6.07, 6.45) is 7.53. The van der Waals surface area contributed by atoms with Gasteiger partial charge in [0.1, 0.15) is 11.5 Å². The van der Waals surface area contributed by atoms with Crippen molar-refractivity contribution in [3.05, 3.63) is 99.2 Å². The van der Waals surface area contributed by atoms with Gasteiger partial charge >= 0.3 is 0 Å². The Hall–Kier alpha value is -4.04. The third kappa shape index (κ3) is 6.55. The monoisotopic (exact) mass is 596 g/mol. The minimum absolute atomic E-state index is 0.0703. The van der Waals surface area contributed by atoms with E-state index in [1.807, 2.05) is 23.1 Å². The van der Waals surface area contributed by atoms with E-state index in [-0.39, 0.29) is 11.9 Å². The second-order valence-corrected chi connectivity index (χ2v) is 11.5. The second-order valence-electron chi connectivity index (χ2n) is 11.5. The maximum absolute atomic E-state index is 14.1. The van der Waals surface area contributed by atoms with Crippen LogP contribution in [0.2, 0.25) is 0 Å². The molecule has 0 saturated carbocycles. The fraction of sp³-hybridized carbons (Fsp3) is 0.457. The van der Waals surface area contributed by atoms with Crippen LogP contribution in [-0.2, 0) is 0 Å². The Bertz CT molecular complexity index is 1470. The van der Waals surface area contributed by atoms with E-state index in [1.165, 1.54) is 4.90 Å². The van der Waals surface area contributed by atoms with Crippen molar-refractivity contribution in [2.45, 2.75) is 40.2 Å². The molecule has 1 saturated heterocycles. The van der Waals surface area contributed by atoms with Gasteiger partial charge in [-0.25, -0.2) is 0 Å². The highest BCUT2D eigenvalue weighted by Crippen LogP contribution is 2.45. The SMILES string of the molecule is CCN(CC)c1ccc2c(c1)OC1=CC(N(CC)CC)C=CC1=C2c1ccccc1C(=O)N1CC[NH+](CCCN=[N+]=[N-])CC1. The number of piperazine rings is 1. The van der Waals surface area contributed by atoms with Crippen molar-refractivity contribution in [2.24, 2.45) is 5.11 Å². The number of likely N-dealkylation sites (N-methyl/N-ethyl adjacent to an activating group) is 1. The van der Waals surface area contributed by atoms with E-state index < -0.39 is 0 Å². The number of fused-ring (bicyclic) bond motifs is 2. The van der Waals surface area contributed by atoms with Crippen molar-refractivity contribution in [3.8, 4) is 5.75 Å². The smallest absolute Gasteiger partial charge is 0.254 e. The highest BCUT2D eigenvalue weighted by molar-refractivity contribution is 6.03. The number of quaternary nitrogens is 1. The van der Waals surface area contributed by atoms with Gasteiger partial charge in [-0.2, -0.15) is 0 Å². The maximum atomic E-state index is 14.1. The van der Waals surface area contributed by atoms with Crippen LogP contribution >= 0.6 is 0 Å². The van der Waals surface area contributed by atoms with Gasteiger partial charge in [-0.1, -0.05) is 49.3 Å². The molecule has 1 unspecified atom stereocenters. The Kier molecular flexibility index (Phi) is 10.4. The van der Waals surface area contributed by atoms with Gasteiger partial charge in [0.25, 0.3) is 5.91 Å². The molecule has 9 nitrogen and oxygen atoms in total. The first-order chi connectivity index (χ1) is 21.5. The first kappa shape index (κ1) is 31.4. The van der Waals surface area contributed by atoms with Crippen LogP contribution in [0.1, 0.15) is 55.6 Å². The van der Waals surface area contributed by atoms with Crippen molar-refractivity contribution in [1.29, 1.82) is 0 Å². The van der Waals surface area contributed by atoms with Crippen LogP contribution < -0.4 is 14.5 Å². The molecule has 1 amide bonds. The Morgan fingerprint density at radius 2 is 1.80 bits per heavy atom. The van der Waals surface area contributed by atoms with E-state index >= 15 is 0 Å². The predicted octanol–water partition coefficient (Wildman–Crippen LogP) is 4.93. The number of anilines is 1. The zero-order valence-electron chi connectivity index (χ0n) is 26.6. The molecule has 44 heavy (non-hydrogen) atoms. The molecule has 2 aliphatic heterocycles. The molecule has 5 rings (SSSR count). The summed E-state index contributed by atoms with van der Waals surface area (Å²) in [7, 11) is 0. The van der Waals surface area contributed by atoms with E-state index in [0.29, 0.717) is 19.6 Å². The molecule has 1 atom stereocenters. The summed E-state index contributed by atoms with van der Waals surface area (Å²) < 4.78 is 6.69. The number of nitrogens with zero attached hydrogens (tertiary/aromatic N) is 6. The van der Waals surface area contributed by atoms with Gasteiger partial charge in [0, 0.05) is 65.0 Å².